The first-order valence-electron chi connectivity index (χ1n) is 13.6. The van der Waals surface area contributed by atoms with Gasteiger partial charge in [-0.25, -0.2) is 4.98 Å². The van der Waals surface area contributed by atoms with Crippen molar-refractivity contribution in [3.63, 3.8) is 0 Å². The van der Waals surface area contributed by atoms with Crippen LogP contribution in [0.3, 0.4) is 0 Å². The van der Waals surface area contributed by atoms with E-state index in [4.69, 9.17) is 11.5 Å². The summed E-state index contributed by atoms with van der Waals surface area (Å²) < 4.78 is 0.909. The van der Waals surface area contributed by atoms with Gasteiger partial charge in [-0.15, -0.1) is 11.3 Å². The van der Waals surface area contributed by atoms with Crippen molar-refractivity contribution in [2.75, 3.05) is 18.1 Å². The minimum Gasteiger partial charge on any atom is -0.370 e. The Balaban J connectivity index is 1.33. The molecule has 2 fully saturated rings. The molecule has 1 aromatic heterocycles. The van der Waals surface area contributed by atoms with E-state index in [-0.39, 0.29) is 35.5 Å². The monoisotopic (exact) mass is 578 g/mol. The zero-order chi connectivity index (χ0) is 28.1. The summed E-state index contributed by atoms with van der Waals surface area (Å²) in [5.41, 5.74) is 12.8. The molecule has 0 radical (unpaired) electrons. The fourth-order valence-electron chi connectivity index (χ4n) is 5.47. The molecule has 2 aliphatic rings. The maximum absolute atomic E-state index is 13.8. The van der Waals surface area contributed by atoms with E-state index in [0.717, 1.165) is 34.4 Å². The largest absolute Gasteiger partial charge is 0.370 e. The van der Waals surface area contributed by atoms with Gasteiger partial charge in [-0.05, 0) is 49.8 Å². The van der Waals surface area contributed by atoms with Gasteiger partial charge < -0.3 is 21.7 Å². The van der Waals surface area contributed by atoms with Crippen LogP contribution >= 0.6 is 23.1 Å². The van der Waals surface area contributed by atoms with E-state index in [1.54, 1.807) is 11.8 Å². The third-order valence-electron chi connectivity index (χ3n) is 7.48. The Morgan fingerprint density at radius 1 is 1.07 bits per heavy atom. The first-order valence-corrected chi connectivity index (χ1v) is 15.6. The van der Waals surface area contributed by atoms with Crippen molar-refractivity contribution in [2.24, 2.45) is 22.4 Å². The van der Waals surface area contributed by atoms with Crippen LogP contribution in [0.1, 0.15) is 41.0 Å². The Bertz CT molecular complexity index is 1360. The highest BCUT2D eigenvalue weighted by Gasteiger charge is 2.44. The summed E-state index contributed by atoms with van der Waals surface area (Å²) in [4.78, 5) is 51.5. The van der Waals surface area contributed by atoms with Crippen molar-refractivity contribution in [1.29, 1.82) is 0 Å². The number of hydrogen-bond donors (Lipinski definition) is 3. The molecule has 2 amide bonds. The Hall–Kier alpha value is -3.44. The highest BCUT2D eigenvalue weighted by Crippen LogP contribution is 2.34. The Kier molecular flexibility index (Phi) is 9.01. The number of rotatable bonds is 10. The van der Waals surface area contributed by atoms with Gasteiger partial charge in [-0.1, -0.05) is 42.5 Å². The molecule has 210 valence electrons. The van der Waals surface area contributed by atoms with Crippen LogP contribution < -0.4 is 16.8 Å². The van der Waals surface area contributed by atoms with Gasteiger partial charge in [-0.2, -0.15) is 11.8 Å². The summed E-state index contributed by atoms with van der Waals surface area (Å²) >= 11 is 3.00. The highest BCUT2D eigenvalue weighted by atomic mass is 32.2. The number of nitrogens with one attached hydrogen (secondary N) is 1. The lowest BCUT2D eigenvalue weighted by Crippen LogP contribution is -2.63. The van der Waals surface area contributed by atoms with E-state index >= 15 is 0 Å². The summed E-state index contributed by atoms with van der Waals surface area (Å²) in [6.45, 7) is 0.342. The van der Waals surface area contributed by atoms with Crippen molar-refractivity contribution in [2.45, 2.75) is 50.2 Å². The fourth-order valence-corrected chi connectivity index (χ4v) is 7.70. The van der Waals surface area contributed by atoms with E-state index in [9.17, 15) is 14.4 Å². The molecule has 2 aromatic carbocycles. The van der Waals surface area contributed by atoms with Crippen LogP contribution in [0.4, 0.5) is 0 Å². The number of piperidine rings is 1. The molecule has 2 aliphatic heterocycles. The van der Waals surface area contributed by atoms with Crippen molar-refractivity contribution in [1.82, 2.24) is 15.2 Å². The number of thioether (sulfide) groups is 1. The van der Waals surface area contributed by atoms with Crippen LogP contribution in [-0.4, -0.2) is 69.6 Å². The third-order valence-corrected chi connectivity index (χ3v) is 9.70. The number of ketones is 1. The number of amides is 2. The average Bonchev–Trinajstić information content (AvgIpc) is 3.40. The number of fused-ring (bicyclic) bond motifs is 2. The normalized spacial score (nSPS) is 21.4. The van der Waals surface area contributed by atoms with E-state index in [0.29, 0.717) is 36.6 Å². The van der Waals surface area contributed by atoms with Gasteiger partial charge in [0.1, 0.15) is 6.04 Å². The van der Waals surface area contributed by atoms with E-state index in [2.05, 4.69) is 15.3 Å². The fraction of sp³-hybridized carbons (Fsp3) is 0.414. The zero-order valence-electron chi connectivity index (χ0n) is 22.2. The molecule has 0 aliphatic carbocycles. The number of nitrogens with zero attached hydrogens (tertiary/aromatic N) is 3. The van der Waals surface area contributed by atoms with Gasteiger partial charge in [-0.3, -0.25) is 19.4 Å². The molecule has 5 rings (SSSR count). The second kappa shape index (κ2) is 12.8. The summed E-state index contributed by atoms with van der Waals surface area (Å²) in [7, 11) is 0. The number of aromatic nitrogens is 1. The summed E-state index contributed by atoms with van der Waals surface area (Å²) in [6, 6.07) is 16.2. The maximum Gasteiger partial charge on any atom is 0.244 e. The molecule has 0 spiro atoms. The lowest BCUT2D eigenvalue weighted by Gasteiger charge is -2.46. The minimum absolute atomic E-state index is 0.0166. The molecule has 11 heteroatoms. The second-order valence-electron chi connectivity index (χ2n) is 10.3. The number of thiazole rings is 1. The molecule has 9 nitrogen and oxygen atoms in total. The van der Waals surface area contributed by atoms with Crippen molar-refractivity contribution in [3.05, 3.63) is 65.2 Å². The molecular formula is C29H34N6O3S2. The minimum atomic E-state index is -0.798. The first-order chi connectivity index (χ1) is 19.4. The van der Waals surface area contributed by atoms with Gasteiger partial charge in [0, 0.05) is 30.0 Å². The van der Waals surface area contributed by atoms with Crippen molar-refractivity contribution >= 4 is 56.9 Å². The summed E-state index contributed by atoms with van der Waals surface area (Å²) in [6.07, 6.45) is 3.20. The number of benzene rings is 2. The zero-order valence-corrected chi connectivity index (χ0v) is 23.8. The predicted octanol–water partition coefficient (Wildman–Crippen LogP) is 2.98. The number of Topliss-reactive ketones (excluding diaryl/α,β-unsaturated/α-hetero) is 1. The van der Waals surface area contributed by atoms with Crippen LogP contribution in [0.2, 0.25) is 0 Å². The molecule has 0 saturated carbocycles. The standard InChI is InChI=1S/C29H34N6O3S2/c30-29(31)32-14-6-10-22(25(36)27-34-21-9-4-5-11-24(21)40-27)33-26(37)23-17-39-16-20-13-12-19(28(38)35(20)23)15-18-7-2-1-3-8-18/h1-5,7-9,11,19-20,22-23H,6,10,12-17H2,(H,33,37)(H4,30,31,32). The molecule has 0 bridgehead atoms. The Morgan fingerprint density at radius 3 is 2.62 bits per heavy atom. The molecule has 5 N–H and O–H groups in total. The number of carbonyl (C=O) groups is 3. The number of nitrogens with two attached hydrogens (primary N) is 2. The number of guanidine groups is 1. The van der Waals surface area contributed by atoms with Crippen LogP contribution in [0, 0.1) is 5.92 Å². The van der Waals surface area contributed by atoms with Crippen LogP contribution in [0.25, 0.3) is 10.2 Å². The average molecular weight is 579 g/mol. The number of carbonyl (C=O) groups excluding carboxylic acids is 3. The van der Waals surface area contributed by atoms with Gasteiger partial charge in [0.05, 0.1) is 16.3 Å². The van der Waals surface area contributed by atoms with Crippen molar-refractivity contribution < 1.29 is 14.4 Å². The lowest BCUT2D eigenvalue weighted by atomic mass is 9.86. The van der Waals surface area contributed by atoms with Gasteiger partial charge in [0.2, 0.25) is 17.6 Å². The van der Waals surface area contributed by atoms with E-state index in [1.165, 1.54) is 11.3 Å². The van der Waals surface area contributed by atoms with Crippen LogP contribution in [-0.2, 0) is 16.0 Å². The molecule has 4 unspecified atom stereocenters. The third kappa shape index (κ3) is 6.47. The SMILES string of the molecule is NC(N)=NCCCC(NC(=O)C1CSCC2CCC(Cc3ccccc3)C(=O)N21)C(=O)c1nc2ccccc2s1. The number of aliphatic imine (C=N–C) groups is 1. The highest BCUT2D eigenvalue weighted by molar-refractivity contribution is 7.99. The number of para-hydroxylation sites is 1. The van der Waals surface area contributed by atoms with Crippen molar-refractivity contribution in [3.8, 4) is 0 Å². The Labute approximate surface area is 241 Å². The first kappa shape index (κ1) is 28.1. The molecule has 3 aromatic rings. The van der Waals surface area contributed by atoms with Gasteiger partial charge in [0.15, 0.2) is 11.0 Å². The topological polar surface area (TPSA) is 144 Å². The summed E-state index contributed by atoms with van der Waals surface area (Å²) in [5, 5.41) is 3.34. The van der Waals surface area contributed by atoms with E-state index < -0.39 is 12.1 Å². The second-order valence-corrected chi connectivity index (χ2v) is 12.4. The van der Waals surface area contributed by atoms with Crippen LogP contribution in [0.5, 0.6) is 0 Å². The number of hydrogen-bond acceptors (Lipinski definition) is 7. The molecular weight excluding hydrogens is 544 g/mol. The maximum atomic E-state index is 13.8. The molecule has 40 heavy (non-hydrogen) atoms. The quantitative estimate of drug-likeness (QED) is 0.145. The van der Waals surface area contributed by atoms with Gasteiger partial charge in [0.25, 0.3) is 0 Å². The molecule has 2 saturated heterocycles. The van der Waals surface area contributed by atoms with Gasteiger partial charge >= 0.3 is 0 Å². The predicted molar refractivity (Wildman–Crippen MR) is 160 cm³/mol. The van der Waals surface area contributed by atoms with E-state index in [1.807, 2.05) is 59.5 Å². The lowest BCUT2D eigenvalue weighted by molar-refractivity contribution is -0.149. The van der Waals surface area contributed by atoms with Crippen LogP contribution in [0.15, 0.2) is 59.6 Å². The molecule has 3 heterocycles. The Morgan fingerprint density at radius 2 is 1.85 bits per heavy atom. The smallest absolute Gasteiger partial charge is 0.244 e. The summed E-state index contributed by atoms with van der Waals surface area (Å²) in [5.74, 6) is 0.636. The molecule has 4 atom stereocenters.